The number of amides is 1. The molecular formula is C20H34IN7O. The van der Waals surface area contributed by atoms with Crippen molar-refractivity contribution in [3.05, 3.63) is 18.5 Å². The second-order valence-electron chi connectivity index (χ2n) is 7.30. The maximum atomic E-state index is 12.1. The number of carbonyl (C=O) groups excluding carboxylic acids is 1. The molecule has 0 aliphatic carbocycles. The van der Waals surface area contributed by atoms with Crippen LogP contribution in [0.2, 0.25) is 0 Å². The highest BCUT2D eigenvalue weighted by Crippen LogP contribution is 2.12. The molecule has 1 N–H and O–H groups in total. The second-order valence-corrected chi connectivity index (χ2v) is 7.30. The standard InChI is InChI=1S/C20H33N7O.HI/c1-2-21-19(24-11-7-13-25-12-5-3-4-8-18(25)28)26-14-16-27(17-15-26)20-22-9-6-10-23-20;/h6,9-10H,2-5,7-8,11-17H2,1H3,(H,21,24);1H. The molecule has 2 aliphatic heterocycles. The first-order valence-corrected chi connectivity index (χ1v) is 10.6. The molecule has 0 unspecified atom stereocenters. The fraction of sp³-hybridized carbons (Fsp3) is 0.700. The maximum Gasteiger partial charge on any atom is 0.225 e. The third-order valence-corrected chi connectivity index (χ3v) is 5.27. The van der Waals surface area contributed by atoms with Gasteiger partial charge in [0.1, 0.15) is 0 Å². The molecule has 0 aromatic carbocycles. The van der Waals surface area contributed by atoms with Gasteiger partial charge in [0.2, 0.25) is 11.9 Å². The summed E-state index contributed by atoms with van der Waals surface area (Å²) in [5, 5.41) is 3.41. The quantitative estimate of drug-likeness (QED) is 0.270. The highest BCUT2D eigenvalue weighted by molar-refractivity contribution is 14.0. The van der Waals surface area contributed by atoms with E-state index in [4.69, 9.17) is 4.99 Å². The number of carbonyl (C=O) groups is 1. The third kappa shape index (κ3) is 7.27. The Morgan fingerprint density at radius 2 is 1.86 bits per heavy atom. The van der Waals surface area contributed by atoms with E-state index in [0.29, 0.717) is 12.3 Å². The topological polar surface area (TPSA) is 77.0 Å². The molecule has 0 saturated carbocycles. The number of hydrogen-bond acceptors (Lipinski definition) is 5. The molecule has 3 heterocycles. The zero-order valence-electron chi connectivity index (χ0n) is 17.4. The molecule has 2 fully saturated rings. The average molecular weight is 515 g/mol. The number of aliphatic imine (C=N–C) groups is 1. The van der Waals surface area contributed by atoms with E-state index in [-0.39, 0.29) is 24.0 Å². The van der Waals surface area contributed by atoms with Gasteiger partial charge in [-0.1, -0.05) is 6.42 Å². The van der Waals surface area contributed by atoms with E-state index in [2.05, 4.69) is 32.0 Å². The van der Waals surface area contributed by atoms with Crippen LogP contribution in [0.25, 0.3) is 0 Å². The van der Waals surface area contributed by atoms with Crippen LogP contribution in [-0.2, 0) is 4.79 Å². The van der Waals surface area contributed by atoms with Gasteiger partial charge in [0.05, 0.1) is 0 Å². The summed E-state index contributed by atoms with van der Waals surface area (Å²) in [4.78, 5) is 32.1. The van der Waals surface area contributed by atoms with Crippen LogP contribution in [0, 0.1) is 0 Å². The van der Waals surface area contributed by atoms with Crippen molar-refractivity contribution in [2.75, 3.05) is 57.3 Å². The lowest BCUT2D eigenvalue weighted by Crippen LogP contribution is -2.53. The molecular weight excluding hydrogens is 481 g/mol. The van der Waals surface area contributed by atoms with Crippen molar-refractivity contribution in [1.82, 2.24) is 25.1 Å². The lowest BCUT2D eigenvalue weighted by Gasteiger charge is -2.36. The Bertz CT molecular complexity index is 635. The van der Waals surface area contributed by atoms with Gasteiger partial charge in [0.25, 0.3) is 0 Å². The molecule has 0 radical (unpaired) electrons. The Morgan fingerprint density at radius 1 is 1.10 bits per heavy atom. The van der Waals surface area contributed by atoms with Gasteiger partial charge in [-0.2, -0.15) is 0 Å². The summed E-state index contributed by atoms with van der Waals surface area (Å²) in [5.41, 5.74) is 0. The summed E-state index contributed by atoms with van der Waals surface area (Å²) in [6.45, 7) is 8.99. The fourth-order valence-electron chi connectivity index (χ4n) is 3.72. The molecule has 1 aromatic rings. The molecule has 29 heavy (non-hydrogen) atoms. The molecule has 162 valence electrons. The number of guanidine groups is 1. The highest BCUT2D eigenvalue weighted by atomic mass is 127. The van der Waals surface area contributed by atoms with Gasteiger partial charge in [0.15, 0.2) is 5.96 Å². The summed E-state index contributed by atoms with van der Waals surface area (Å²) < 4.78 is 0. The molecule has 0 spiro atoms. The van der Waals surface area contributed by atoms with Crippen molar-refractivity contribution in [3.63, 3.8) is 0 Å². The molecule has 9 heteroatoms. The van der Waals surface area contributed by atoms with Crippen LogP contribution in [0.15, 0.2) is 23.5 Å². The van der Waals surface area contributed by atoms with Crippen LogP contribution in [0.3, 0.4) is 0 Å². The average Bonchev–Trinajstić information content (AvgIpc) is 2.95. The Balaban J connectivity index is 0.00000300. The summed E-state index contributed by atoms with van der Waals surface area (Å²) >= 11 is 0. The molecule has 2 aliphatic rings. The minimum absolute atomic E-state index is 0. The summed E-state index contributed by atoms with van der Waals surface area (Å²) in [6, 6.07) is 1.84. The summed E-state index contributed by atoms with van der Waals surface area (Å²) in [5.74, 6) is 2.08. The number of halogens is 1. The number of nitrogens with one attached hydrogen (secondary N) is 1. The first-order chi connectivity index (χ1) is 13.8. The van der Waals surface area contributed by atoms with Crippen LogP contribution in [0.1, 0.15) is 39.0 Å². The number of likely N-dealkylation sites (tertiary alicyclic amines) is 1. The number of anilines is 1. The molecule has 8 nitrogen and oxygen atoms in total. The number of nitrogens with zero attached hydrogens (tertiary/aromatic N) is 6. The van der Waals surface area contributed by atoms with Gasteiger partial charge >= 0.3 is 0 Å². The zero-order chi connectivity index (χ0) is 19.6. The lowest BCUT2D eigenvalue weighted by atomic mass is 10.2. The van der Waals surface area contributed by atoms with E-state index in [1.165, 1.54) is 6.42 Å². The van der Waals surface area contributed by atoms with E-state index in [9.17, 15) is 4.79 Å². The predicted octanol–water partition coefficient (Wildman–Crippen LogP) is 1.97. The van der Waals surface area contributed by atoms with Crippen LogP contribution >= 0.6 is 24.0 Å². The molecule has 2 saturated heterocycles. The minimum atomic E-state index is 0. The van der Waals surface area contributed by atoms with Gasteiger partial charge in [-0.25, -0.2) is 9.97 Å². The molecule has 1 amide bonds. The van der Waals surface area contributed by atoms with E-state index in [1.807, 2.05) is 11.0 Å². The molecule has 0 bridgehead atoms. The molecule has 1 aromatic heterocycles. The van der Waals surface area contributed by atoms with E-state index in [1.54, 1.807) is 12.4 Å². The summed E-state index contributed by atoms with van der Waals surface area (Å²) in [7, 11) is 0. The number of piperazine rings is 1. The largest absolute Gasteiger partial charge is 0.357 e. The van der Waals surface area contributed by atoms with Gasteiger partial charge in [-0.15, -0.1) is 24.0 Å². The van der Waals surface area contributed by atoms with Crippen molar-refractivity contribution in [2.45, 2.75) is 39.0 Å². The van der Waals surface area contributed by atoms with Gasteiger partial charge in [-0.3, -0.25) is 9.79 Å². The first-order valence-electron chi connectivity index (χ1n) is 10.6. The van der Waals surface area contributed by atoms with Gasteiger partial charge < -0.3 is 20.0 Å². The second kappa shape index (κ2) is 12.8. The smallest absolute Gasteiger partial charge is 0.225 e. The first kappa shape index (κ1) is 23.6. The van der Waals surface area contributed by atoms with Crippen molar-refractivity contribution in [1.29, 1.82) is 0 Å². The fourth-order valence-corrected chi connectivity index (χ4v) is 3.72. The van der Waals surface area contributed by atoms with E-state index in [0.717, 1.165) is 83.5 Å². The number of hydrogen-bond donors (Lipinski definition) is 1. The van der Waals surface area contributed by atoms with E-state index >= 15 is 0 Å². The van der Waals surface area contributed by atoms with Crippen molar-refractivity contribution < 1.29 is 4.79 Å². The molecule has 3 rings (SSSR count). The highest BCUT2D eigenvalue weighted by Gasteiger charge is 2.21. The monoisotopic (exact) mass is 515 g/mol. The van der Waals surface area contributed by atoms with Crippen molar-refractivity contribution in [3.8, 4) is 0 Å². The normalized spacial score (nSPS) is 18.3. The van der Waals surface area contributed by atoms with Gasteiger partial charge in [-0.05, 0) is 32.3 Å². The zero-order valence-corrected chi connectivity index (χ0v) is 19.8. The van der Waals surface area contributed by atoms with Crippen molar-refractivity contribution in [2.24, 2.45) is 4.99 Å². The van der Waals surface area contributed by atoms with Crippen LogP contribution < -0.4 is 10.2 Å². The molecule has 0 atom stereocenters. The number of aromatic nitrogens is 2. The Kier molecular flexibility index (Phi) is 10.4. The predicted molar refractivity (Wildman–Crippen MR) is 127 cm³/mol. The van der Waals surface area contributed by atoms with Crippen molar-refractivity contribution >= 4 is 41.8 Å². The van der Waals surface area contributed by atoms with Crippen LogP contribution in [0.4, 0.5) is 5.95 Å². The summed E-state index contributed by atoms with van der Waals surface area (Å²) in [6.07, 6.45) is 8.54. The Hall–Kier alpha value is -1.65. The minimum Gasteiger partial charge on any atom is -0.357 e. The Morgan fingerprint density at radius 3 is 2.59 bits per heavy atom. The lowest BCUT2D eigenvalue weighted by molar-refractivity contribution is -0.130. The SMILES string of the molecule is CCNC(=NCCCN1CCCCCC1=O)N1CCN(c2ncccn2)CC1.I. The van der Waals surface area contributed by atoms with E-state index < -0.39 is 0 Å². The van der Waals surface area contributed by atoms with Crippen LogP contribution in [0.5, 0.6) is 0 Å². The number of rotatable bonds is 6. The van der Waals surface area contributed by atoms with Gasteiger partial charge in [0, 0.05) is 71.2 Å². The Labute approximate surface area is 191 Å². The van der Waals surface area contributed by atoms with Crippen LogP contribution in [-0.4, -0.2) is 84.0 Å². The third-order valence-electron chi connectivity index (χ3n) is 5.27. The maximum absolute atomic E-state index is 12.1.